The Balaban J connectivity index is 7.72. The molecule has 13 heteroatoms. The van der Waals surface area contributed by atoms with Gasteiger partial charge in [-0.2, -0.15) is 0 Å². The van der Waals surface area contributed by atoms with E-state index >= 15 is 0 Å². The van der Waals surface area contributed by atoms with Gasteiger partial charge in [-0.05, 0) is 52.9 Å². The zero-order valence-corrected chi connectivity index (χ0v) is 30.2. The molecule has 0 aliphatic rings. The predicted octanol–water partition coefficient (Wildman–Crippen LogP) is 5.65. The van der Waals surface area contributed by atoms with Gasteiger partial charge < -0.3 is 54.0 Å². The Hall–Kier alpha value is 0.0525. The lowest BCUT2D eigenvalue weighted by Gasteiger charge is -2.58. The van der Waals surface area contributed by atoms with Crippen molar-refractivity contribution < 1.29 is 54.0 Å². The van der Waals surface area contributed by atoms with Crippen LogP contribution in [0.1, 0.15) is 100 Å². The van der Waals surface area contributed by atoms with Gasteiger partial charge in [-0.15, -0.1) is 0 Å². The first-order chi connectivity index (χ1) is 20.8. The highest BCUT2D eigenvalue weighted by Crippen LogP contribution is 2.51. The lowest BCUT2D eigenvalue weighted by molar-refractivity contribution is -0.597. The second-order valence-electron chi connectivity index (χ2n) is 9.66. The van der Waals surface area contributed by atoms with Gasteiger partial charge in [0.2, 0.25) is 0 Å². The number of ether oxygens (including phenoxy) is 9. The summed E-state index contributed by atoms with van der Waals surface area (Å²) in [5.74, 6) is -8.52. The molecular weight excluding hydrogens is 579 g/mol. The fourth-order valence-corrected chi connectivity index (χ4v) is 5.97. The van der Waals surface area contributed by atoms with Gasteiger partial charge >= 0.3 is 38.7 Å². The molecule has 0 rings (SSSR count). The summed E-state index contributed by atoms with van der Waals surface area (Å²) in [5.41, 5.74) is 0. The third-order valence-electron chi connectivity index (χ3n) is 6.36. The second kappa shape index (κ2) is 24.3. The van der Waals surface area contributed by atoms with Crippen molar-refractivity contribution in [3.8, 4) is 0 Å². The lowest BCUT2D eigenvalue weighted by atomic mass is 9.97. The van der Waals surface area contributed by atoms with Crippen LogP contribution in [0.2, 0.25) is 0 Å². The van der Waals surface area contributed by atoms with Crippen molar-refractivity contribution in [1.29, 1.82) is 0 Å². The van der Waals surface area contributed by atoms with Crippen molar-refractivity contribution in [2.75, 3.05) is 74.2 Å². The van der Waals surface area contributed by atoms with Gasteiger partial charge in [0.05, 0.1) is 19.8 Å². The molecular formula is C30H63AlO12. The zero-order chi connectivity index (χ0) is 32.7. The molecule has 0 bridgehead atoms. The van der Waals surface area contributed by atoms with Crippen LogP contribution in [0.15, 0.2) is 0 Å². The quantitative estimate of drug-likeness (QED) is 0.0529. The van der Waals surface area contributed by atoms with E-state index in [0.29, 0.717) is 32.5 Å². The van der Waals surface area contributed by atoms with E-state index in [-0.39, 0.29) is 39.6 Å². The topological polar surface area (TPSA) is 111 Å². The molecule has 12 nitrogen and oxygen atoms in total. The molecule has 0 N–H and O–H groups in total. The van der Waals surface area contributed by atoms with E-state index in [4.69, 9.17) is 54.0 Å². The largest absolute Gasteiger partial charge is 0.909 e. The van der Waals surface area contributed by atoms with Crippen LogP contribution >= 0.6 is 0 Å². The molecule has 0 saturated carbocycles. The number of unbranched alkanes of at least 4 members (excludes halogenated alkanes) is 2. The van der Waals surface area contributed by atoms with E-state index < -0.39 is 38.7 Å². The number of hydrogen-bond donors (Lipinski definition) is 0. The summed E-state index contributed by atoms with van der Waals surface area (Å²) >= 11 is -2.98. The Labute approximate surface area is 266 Å². The Bertz CT molecular complexity index is 617. The highest BCUT2D eigenvalue weighted by atomic mass is 27.3. The lowest BCUT2D eigenvalue weighted by Crippen LogP contribution is -2.82. The van der Waals surface area contributed by atoms with Crippen molar-refractivity contribution in [3.63, 3.8) is 0 Å². The Morgan fingerprint density at radius 2 is 0.814 bits per heavy atom. The molecule has 0 radical (unpaired) electrons. The Morgan fingerprint density at radius 1 is 0.419 bits per heavy atom. The van der Waals surface area contributed by atoms with Crippen LogP contribution in [0.5, 0.6) is 0 Å². The van der Waals surface area contributed by atoms with Crippen molar-refractivity contribution >= 4 is 15.1 Å². The number of hydrogen-bond acceptors (Lipinski definition) is 12. The van der Waals surface area contributed by atoms with Gasteiger partial charge in [0, 0.05) is 54.4 Å². The van der Waals surface area contributed by atoms with Crippen LogP contribution < -0.4 is 0 Å². The van der Waals surface area contributed by atoms with Crippen LogP contribution in [-0.4, -0.2) is 113 Å². The van der Waals surface area contributed by atoms with Gasteiger partial charge in [-0.3, -0.25) is 0 Å². The first kappa shape index (κ1) is 43.1. The molecule has 0 spiro atoms. The second-order valence-corrected chi connectivity index (χ2v) is 11.1. The van der Waals surface area contributed by atoms with Crippen LogP contribution in [0.3, 0.4) is 0 Å². The van der Waals surface area contributed by atoms with Crippen molar-refractivity contribution in [2.45, 2.75) is 124 Å². The normalized spacial score (nSPS) is 14.3. The molecule has 0 fully saturated rings. The highest BCUT2D eigenvalue weighted by Gasteiger charge is 2.81. The standard InChI is InChI=1S/C22H45O10.2C4H9O.Al/c1-10-16-30-22(31-17-11-2,32-18-12-3)20(25-8,26-9)19(24-7,27-13-4)21(23,28-14-5)29-15-6;2*1-2-3-4-5;/h10-18H2,1-9H3;2*2-4H2,1H3;/q3*-1;+3. The van der Waals surface area contributed by atoms with E-state index in [1.54, 1.807) is 20.8 Å². The molecule has 0 aliphatic heterocycles. The first-order valence-corrected chi connectivity index (χ1v) is 17.6. The van der Waals surface area contributed by atoms with Crippen molar-refractivity contribution in [1.82, 2.24) is 0 Å². The predicted molar refractivity (Wildman–Crippen MR) is 164 cm³/mol. The van der Waals surface area contributed by atoms with E-state index in [0.717, 1.165) is 25.7 Å². The molecule has 43 heavy (non-hydrogen) atoms. The summed E-state index contributed by atoms with van der Waals surface area (Å²) in [6.45, 7) is 17.4. The number of methoxy groups -OCH3 is 3. The van der Waals surface area contributed by atoms with Gasteiger partial charge in [0.15, 0.2) is 0 Å². The van der Waals surface area contributed by atoms with Crippen LogP contribution in [0, 0.1) is 0 Å². The first-order valence-electron chi connectivity index (χ1n) is 16.2. The molecule has 1 atom stereocenters. The van der Waals surface area contributed by atoms with E-state index in [2.05, 4.69) is 13.8 Å². The zero-order valence-electron chi connectivity index (χ0n) is 29.1. The molecule has 0 aromatic carbocycles. The minimum atomic E-state index is -2.98. The molecule has 0 aromatic heterocycles. The van der Waals surface area contributed by atoms with Crippen LogP contribution in [0.4, 0.5) is 0 Å². The molecule has 258 valence electrons. The summed E-state index contributed by atoms with van der Waals surface area (Å²) in [5, 5.41) is 0. The smallest absolute Gasteiger partial charge is 0.454 e. The van der Waals surface area contributed by atoms with Gasteiger partial charge in [-0.1, -0.05) is 47.5 Å². The number of rotatable bonds is 31. The molecule has 1 unspecified atom stereocenters. The van der Waals surface area contributed by atoms with Crippen molar-refractivity contribution in [2.24, 2.45) is 0 Å². The third kappa shape index (κ3) is 11.1. The Kier molecular flexibility index (Phi) is 24.3. The molecule has 0 amide bonds. The molecule has 0 saturated heterocycles. The fraction of sp³-hybridized carbons (Fsp3) is 1.00. The van der Waals surface area contributed by atoms with Gasteiger partial charge in [0.1, 0.15) is 0 Å². The molecule has 0 aliphatic carbocycles. The maximum Gasteiger partial charge on any atom is 0.909 e. The summed E-state index contributed by atoms with van der Waals surface area (Å²) in [4.78, 5) is 0. The van der Waals surface area contributed by atoms with Crippen molar-refractivity contribution in [3.05, 3.63) is 0 Å². The summed E-state index contributed by atoms with van der Waals surface area (Å²) in [6, 6.07) is 0. The average Bonchev–Trinajstić information content (AvgIpc) is 3.01. The van der Waals surface area contributed by atoms with Crippen LogP contribution in [0.25, 0.3) is 0 Å². The third-order valence-corrected chi connectivity index (χ3v) is 7.88. The van der Waals surface area contributed by atoms with Crippen LogP contribution in [-0.2, 0) is 54.0 Å². The summed E-state index contributed by atoms with van der Waals surface area (Å²) < 4.78 is 76.6. The monoisotopic (exact) mass is 642 g/mol. The SMILES string of the molecule is CCCC[O][Al]([O]CCCC)[O]C(OCC)(OCC)C(OC)(OCC)C(OC)(OC)C(OCCC)(OCCC)OCCC. The van der Waals surface area contributed by atoms with E-state index in [1.165, 1.54) is 21.3 Å². The molecule has 0 aromatic rings. The fourth-order valence-electron chi connectivity index (χ4n) is 4.48. The summed E-state index contributed by atoms with van der Waals surface area (Å²) in [6.07, 6.45) is 5.47. The maximum absolute atomic E-state index is 6.71. The minimum Gasteiger partial charge on any atom is -0.454 e. The van der Waals surface area contributed by atoms with E-state index in [9.17, 15) is 0 Å². The van der Waals surface area contributed by atoms with Gasteiger partial charge in [0.25, 0.3) is 0 Å². The minimum absolute atomic E-state index is 0.0958. The Morgan fingerprint density at radius 3 is 1.12 bits per heavy atom. The van der Waals surface area contributed by atoms with E-state index in [1.807, 2.05) is 20.8 Å². The van der Waals surface area contributed by atoms with Gasteiger partial charge in [-0.25, -0.2) is 0 Å². The summed E-state index contributed by atoms with van der Waals surface area (Å²) in [7, 11) is 4.28. The molecule has 0 heterocycles. The average molecular weight is 643 g/mol. The highest BCUT2D eigenvalue weighted by molar-refractivity contribution is 6.36. The maximum atomic E-state index is 6.71.